The molecule has 2 unspecified atom stereocenters. The molecular formula is C18H21FO3S. The lowest BCUT2D eigenvalue weighted by Crippen LogP contribution is -2.21. The van der Waals surface area contributed by atoms with Gasteiger partial charge in [-0.1, -0.05) is 48.9 Å². The average Bonchev–Trinajstić information content (AvgIpc) is 2.49. The zero-order chi connectivity index (χ0) is 17.0. The van der Waals surface area contributed by atoms with Crippen LogP contribution < -0.4 is 0 Å². The second kappa shape index (κ2) is 7.23. The van der Waals surface area contributed by atoms with Gasteiger partial charge in [-0.3, -0.25) is 0 Å². The van der Waals surface area contributed by atoms with Gasteiger partial charge in [-0.2, -0.15) is 0 Å². The summed E-state index contributed by atoms with van der Waals surface area (Å²) in [5, 5.41) is 9.50. The van der Waals surface area contributed by atoms with Gasteiger partial charge in [-0.25, -0.2) is 12.8 Å². The molecule has 0 aliphatic heterocycles. The molecule has 124 valence electrons. The molecule has 2 aromatic carbocycles. The Morgan fingerprint density at radius 2 is 1.52 bits per heavy atom. The predicted molar refractivity (Wildman–Crippen MR) is 89.4 cm³/mol. The summed E-state index contributed by atoms with van der Waals surface area (Å²) in [7, 11) is -3.57. The van der Waals surface area contributed by atoms with Crippen LogP contribution in [0.3, 0.4) is 0 Å². The third-order valence-corrected chi connectivity index (χ3v) is 6.15. The Hall–Kier alpha value is -1.72. The monoisotopic (exact) mass is 336 g/mol. The summed E-state index contributed by atoms with van der Waals surface area (Å²) in [4.78, 5) is 0. The van der Waals surface area contributed by atoms with E-state index in [2.05, 4.69) is 0 Å². The first-order chi connectivity index (χ1) is 10.8. The number of aliphatic hydroxyl groups is 1. The number of aliphatic hydroxyl groups excluding tert-OH is 1. The SMILES string of the molecule is CCC(c1ccc(F)cc1)S(=O)(=O)CC(O)c1ccc(C)cc1. The Labute approximate surface area is 136 Å². The van der Waals surface area contributed by atoms with Gasteiger partial charge in [0.15, 0.2) is 9.84 Å². The van der Waals surface area contributed by atoms with Gasteiger partial charge in [0.25, 0.3) is 0 Å². The van der Waals surface area contributed by atoms with Gasteiger partial charge in [0.1, 0.15) is 5.82 Å². The molecule has 0 aliphatic rings. The molecule has 0 heterocycles. The van der Waals surface area contributed by atoms with Crippen LogP contribution in [-0.2, 0) is 9.84 Å². The van der Waals surface area contributed by atoms with Crippen LogP contribution in [0.4, 0.5) is 4.39 Å². The van der Waals surface area contributed by atoms with E-state index in [-0.39, 0.29) is 5.75 Å². The van der Waals surface area contributed by atoms with Crippen molar-refractivity contribution in [2.45, 2.75) is 31.6 Å². The van der Waals surface area contributed by atoms with Crippen molar-refractivity contribution in [3.63, 3.8) is 0 Å². The molecule has 0 aromatic heterocycles. The van der Waals surface area contributed by atoms with Crippen LogP contribution in [0.2, 0.25) is 0 Å². The van der Waals surface area contributed by atoms with E-state index in [0.717, 1.165) is 5.56 Å². The average molecular weight is 336 g/mol. The van der Waals surface area contributed by atoms with Crippen molar-refractivity contribution in [2.24, 2.45) is 0 Å². The molecule has 5 heteroatoms. The number of rotatable bonds is 6. The van der Waals surface area contributed by atoms with Crippen molar-refractivity contribution in [3.05, 3.63) is 71.0 Å². The van der Waals surface area contributed by atoms with Crippen LogP contribution in [0.15, 0.2) is 48.5 Å². The van der Waals surface area contributed by atoms with Gasteiger partial charge in [-0.05, 0) is 36.6 Å². The number of benzene rings is 2. The smallest absolute Gasteiger partial charge is 0.160 e. The fourth-order valence-corrected chi connectivity index (χ4v) is 4.54. The van der Waals surface area contributed by atoms with Gasteiger partial charge < -0.3 is 5.11 Å². The van der Waals surface area contributed by atoms with Crippen molar-refractivity contribution in [2.75, 3.05) is 5.75 Å². The van der Waals surface area contributed by atoms with Crippen LogP contribution in [0.5, 0.6) is 0 Å². The summed E-state index contributed by atoms with van der Waals surface area (Å²) in [6.45, 7) is 3.69. The van der Waals surface area contributed by atoms with Gasteiger partial charge in [-0.15, -0.1) is 0 Å². The normalized spacial score (nSPS) is 14.4. The van der Waals surface area contributed by atoms with E-state index in [1.807, 2.05) is 19.1 Å². The number of hydrogen-bond acceptors (Lipinski definition) is 3. The van der Waals surface area contributed by atoms with E-state index in [1.165, 1.54) is 24.3 Å². The molecule has 0 saturated heterocycles. The topological polar surface area (TPSA) is 54.4 Å². The highest BCUT2D eigenvalue weighted by Gasteiger charge is 2.28. The summed E-state index contributed by atoms with van der Waals surface area (Å²) < 4.78 is 38.3. The lowest BCUT2D eigenvalue weighted by molar-refractivity contribution is 0.201. The first-order valence-electron chi connectivity index (χ1n) is 7.55. The lowest BCUT2D eigenvalue weighted by Gasteiger charge is -2.19. The Morgan fingerprint density at radius 3 is 2.04 bits per heavy atom. The molecule has 2 atom stereocenters. The van der Waals surface area contributed by atoms with E-state index in [0.29, 0.717) is 17.5 Å². The van der Waals surface area contributed by atoms with Crippen molar-refractivity contribution < 1.29 is 17.9 Å². The summed E-state index contributed by atoms with van der Waals surface area (Å²) in [6, 6.07) is 12.6. The van der Waals surface area contributed by atoms with E-state index in [1.54, 1.807) is 19.1 Å². The summed E-state index contributed by atoms with van der Waals surface area (Å²) in [5.74, 6) is -0.757. The Morgan fingerprint density at radius 1 is 1.00 bits per heavy atom. The van der Waals surface area contributed by atoms with Crippen molar-refractivity contribution in [1.82, 2.24) is 0 Å². The second-order valence-electron chi connectivity index (χ2n) is 5.70. The molecule has 2 rings (SSSR count). The van der Waals surface area contributed by atoms with E-state index in [9.17, 15) is 17.9 Å². The lowest BCUT2D eigenvalue weighted by atomic mass is 10.1. The predicted octanol–water partition coefficient (Wildman–Crippen LogP) is 3.73. The van der Waals surface area contributed by atoms with Crippen LogP contribution in [-0.4, -0.2) is 19.3 Å². The Kier molecular flexibility index (Phi) is 5.55. The maximum Gasteiger partial charge on any atom is 0.160 e. The minimum Gasteiger partial charge on any atom is -0.387 e. The van der Waals surface area contributed by atoms with Gasteiger partial charge in [0.05, 0.1) is 17.1 Å². The highest BCUT2D eigenvalue weighted by atomic mass is 32.2. The Bertz CT molecular complexity index is 737. The Balaban J connectivity index is 2.21. The molecule has 23 heavy (non-hydrogen) atoms. The minimum absolute atomic E-state index is 0.355. The molecule has 0 aliphatic carbocycles. The fourth-order valence-electron chi connectivity index (χ4n) is 2.60. The van der Waals surface area contributed by atoms with Crippen LogP contribution in [0.1, 0.15) is 41.4 Å². The molecule has 0 bridgehead atoms. The van der Waals surface area contributed by atoms with E-state index >= 15 is 0 Å². The standard InChI is InChI=1S/C18H21FO3S/c1-3-18(15-8-10-16(19)11-9-15)23(21,22)12-17(20)14-6-4-13(2)5-7-14/h4-11,17-18,20H,3,12H2,1-2H3. The quantitative estimate of drug-likeness (QED) is 0.874. The zero-order valence-corrected chi connectivity index (χ0v) is 14.1. The summed E-state index contributed by atoms with van der Waals surface area (Å²) >= 11 is 0. The second-order valence-corrected chi connectivity index (χ2v) is 7.93. The van der Waals surface area contributed by atoms with Gasteiger partial charge >= 0.3 is 0 Å². The van der Waals surface area contributed by atoms with Crippen LogP contribution in [0.25, 0.3) is 0 Å². The molecule has 3 nitrogen and oxygen atoms in total. The highest BCUT2D eigenvalue weighted by Crippen LogP contribution is 2.29. The molecular weight excluding hydrogens is 315 g/mol. The molecule has 0 radical (unpaired) electrons. The van der Waals surface area contributed by atoms with Crippen molar-refractivity contribution >= 4 is 9.84 Å². The fraction of sp³-hybridized carbons (Fsp3) is 0.333. The first-order valence-corrected chi connectivity index (χ1v) is 9.26. The van der Waals surface area contributed by atoms with Gasteiger partial charge in [0.2, 0.25) is 0 Å². The van der Waals surface area contributed by atoms with Crippen molar-refractivity contribution in [1.29, 1.82) is 0 Å². The third-order valence-electron chi connectivity index (χ3n) is 3.90. The maximum absolute atomic E-state index is 13.0. The number of aryl methyl sites for hydroxylation is 1. The largest absolute Gasteiger partial charge is 0.387 e. The van der Waals surface area contributed by atoms with Crippen LogP contribution in [0, 0.1) is 12.7 Å². The van der Waals surface area contributed by atoms with Crippen molar-refractivity contribution in [3.8, 4) is 0 Å². The molecule has 0 spiro atoms. The molecule has 0 fully saturated rings. The minimum atomic E-state index is -3.57. The number of sulfone groups is 1. The van der Waals surface area contributed by atoms with E-state index in [4.69, 9.17) is 0 Å². The number of halogens is 1. The van der Waals surface area contributed by atoms with Crippen LogP contribution >= 0.6 is 0 Å². The summed E-state index contributed by atoms with van der Waals surface area (Å²) in [5.41, 5.74) is 2.17. The first kappa shape index (κ1) is 17.6. The molecule has 0 amide bonds. The molecule has 2 aromatic rings. The zero-order valence-electron chi connectivity index (χ0n) is 13.2. The molecule has 1 N–H and O–H groups in total. The molecule has 0 saturated carbocycles. The maximum atomic E-state index is 13.0. The van der Waals surface area contributed by atoms with Gasteiger partial charge in [0, 0.05) is 0 Å². The third kappa shape index (κ3) is 4.39. The van der Waals surface area contributed by atoms with E-state index < -0.39 is 27.0 Å². The number of hydrogen-bond donors (Lipinski definition) is 1. The highest BCUT2D eigenvalue weighted by molar-refractivity contribution is 7.91. The summed E-state index contributed by atoms with van der Waals surface area (Å²) in [6.07, 6.45) is -0.704.